The third-order valence-corrected chi connectivity index (χ3v) is 2.89. The van der Waals surface area contributed by atoms with Gasteiger partial charge in [-0.25, -0.2) is 4.98 Å². The number of anilines is 1. The summed E-state index contributed by atoms with van der Waals surface area (Å²) in [6.45, 7) is 0.260. The Morgan fingerprint density at radius 1 is 1.50 bits per heavy atom. The molecule has 0 aliphatic carbocycles. The SMILES string of the molecule is NNc1ccc(C(=O)NCc2csc(=O)[nH]2)nc1. The number of hydrazine groups is 1. The molecule has 0 fully saturated rings. The van der Waals surface area contributed by atoms with Crippen LogP contribution in [0.2, 0.25) is 0 Å². The van der Waals surface area contributed by atoms with Gasteiger partial charge in [0.25, 0.3) is 5.91 Å². The molecule has 8 heteroatoms. The second kappa shape index (κ2) is 5.43. The number of hydrogen-bond acceptors (Lipinski definition) is 6. The van der Waals surface area contributed by atoms with Crippen LogP contribution in [0.5, 0.6) is 0 Å². The van der Waals surface area contributed by atoms with Crippen LogP contribution >= 0.6 is 11.3 Å². The van der Waals surface area contributed by atoms with Gasteiger partial charge in [0, 0.05) is 11.1 Å². The lowest BCUT2D eigenvalue weighted by molar-refractivity contribution is 0.0945. The lowest BCUT2D eigenvalue weighted by atomic mass is 10.3. The molecule has 0 spiro atoms. The van der Waals surface area contributed by atoms with Crippen molar-refractivity contribution in [2.75, 3.05) is 5.43 Å². The van der Waals surface area contributed by atoms with Gasteiger partial charge in [-0.3, -0.25) is 15.4 Å². The first-order valence-corrected chi connectivity index (χ1v) is 5.94. The van der Waals surface area contributed by atoms with Gasteiger partial charge < -0.3 is 15.7 Å². The van der Waals surface area contributed by atoms with Crippen LogP contribution in [0, 0.1) is 0 Å². The maximum Gasteiger partial charge on any atom is 0.304 e. The summed E-state index contributed by atoms with van der Waals surface area (Å²) >= 11 is 1.06. The predicted octanol–water partition coefficient (Wildman–Crippen LogP) is 0.0470. The Bertz CT molecular complexity index is 589. The number of pyridine rings is 1. The molecule has 2 heterocycles. The van der Waals surface area contributed by atoms with Crippen LogP contribution in [0.3, 0.4) is 0 Å². The zero-order valence-corrected chi connectivity index (χ0v) is 10.1. The largest absolute Gasteiger partial charge is 0.345 e. The number of hydrogen-bond donors (Lipinski definition) is 4. The van der Waals surface area contributed by atoms with Crippen LogP contribution < -0.4 is 21.5 Å². The van der Waals surface area contributed by atoms with Gasteiger partial charge in [-0.1, -0.05) is 11.3 Å². The number of carbonyl (C=O) groups is 1. The standard InChI is InChI=1S/C10H11N5O2S/c11-15-6-1-2-8(12-3-6)9(16)13-4-7-5-18-10(17)14-7/h1-3,5,15H,4,11H2,(H,13,16)(H,14,17). The van der Waals surface area contributed by atoms with Crippen molar-refractivity contribution >= 4 is 22.9 Å². The summed E-state index contributed by atoms with van der Waals surface area (Å²) in [6, 6.07) is 3.20. The normalized spacial score (nSPS) is 10.1. The monoisotopic (exact) mass is 265 g/mol. The summed E-state index contributed by atoms with van der Waals surface area (Å²) in [5.41, 5.74) is 3.99. The highest BCUT2D eigenvalue weighted by Crippen LogP contribution is 2.04. The molecule has 0 aromatic carbocycles. The molecule has 18 heavy (non-hydrogen) atoms. The average Bonchev–Trinajstić information content (AvgIpc) is 2.82. The van der Waals surface area contributed by atoms with Crippen molar-refractivity contribution in [2.24, 2.45) is 5.84 Å². The predicted molar refractivity (Wildman–Crippen MR) is 68.2 cm³/mol. The van der Waals surface area contributed by atoms with E-state index < -0.39 is 0 Å². The highest BCUT2D eigenvalue weighted by molar-refractivity contribution is 7.07. The van der Waals surface area contributed by atoms with Gasteiger partial charge in [-0.05, 0) is 12.1 Å². The topological polar surface area (TPSA) is 113 Å². The van der Waals surface area contributed by atoms with Crippen LogP contribution in [-0.4, -0.2) is 15.9 Å². The Morgan fingerprint density at radius 2 is 2.33 bits per heavy atom. The highest BCUT2D eigenvalue weighted by atomic mass is 32.1. The summed E-state index contributed by atoms with van der Waals surface area (Å²) in [5, 5.41) is 4.31. The van der Waals surface area contributed by atoms with Crippen LogP contribution in [-0.2, 0) is 6.54 Å². The molecule has 0 atom stereocenters. The first kappa shape index (κ1) is 12.3. The van der Waals surface area contributed by atoms with Gasteiger partial charge in [-0.15, -0.1) is 0 Å². The van der Waals surface area contributed by atoms with Crippen molar-refractivity contribution in [3.8, 4) is 0 Å². The summed E-state index contributed by atoms with van der Waals surface area (Å²) in [4.78, 5) is 29.0. The smallest absolute Gasteiger partial charge is 0.304 e. The van der Waals surface area contributed by atoms with Crippen LogP contribution in [0.25, 0.3) is 0 Å². The second-order valence-corrected chi connectivity index (χ2v) is 4.27. The van der Waals surface area contributed by atoms with Crippen molar-refractivity contribution in [1.82, 2.24) is 15.3 Å². The number of nitrogen functional groups attached to an aromatic ring is 1. The van der Waals surface area contributed by atoms with E-state index >= 15 is 0 Å². The van der Waals surface area contributed by atoms with E-state index in [1.54, 1.807) is 17.5 Å². The fourth-order valence-electron chi connectivity index (χ4n) is 1.28. The van der Waals surface area contributed by atoms with E-state index in [1.165, 1.54) is 6.20 Å². The minimum Gasteiger partial charge on any atom is -0.345 e. The Balaban J connectivity index is 1.96. The number of carbonyl (C=O) groups excluding carboxylic acids is 1. The van der Waals surface area contributed by atoms with Crippen LogP contribution in [0.4, 0.5) is 5.69 Å². The molecule has 5 N–H and O–H groups in total. The Hall–Kier alpha value is -2.19. The number of amides is 1. The number of aromatic nitrogens is 2. The molecule has 2 aromatic heterocycles. The van der Waals surface area contributed by atoms with Crippen LogP contribution in [0.1, 0.15) is 16.2 Å². The molecule has 2 aromatic rings. The fraction of sp³-hybridized carbons (Fsp3) is 0.100. The number of rotatable bonds is 4. The second-order valence-electron chi connectivity index (χ2n) is 3.43. The van der Waals surface area contributed by atoms with E-state index in [9.17, 15) is 9.59 Å². The summed E-state index contributed by atoms with van der Waals surface area (Å²) in [6.07, 6.45) is 1.46. The first-order valence-electron chi connectivity index (χ1n) is 5.06. The number of H-pyrrole nitrogens is 1. The minimum atomic E-state index is -0.314. The number of nitrogens with two attached hydrogens (primary N) is 1. The molecule has 0 unspecified atom stereocenters. The van der Waals surface area contributed by atoms with E-state index in [-0.39, 0.29) is 23.0 Å². The third-order valence-electron chi connectivity index (χ3n) is 2.17. The average molecular weight is 265 g/mol. The molecular formula is C10H11N5O2S. The van der Waals surface area contributed by atoms with E-state index in [0.717, 1.165) is 11.3 Å². The summed E-state index contributed by atoms with van der Waals surface area (Å²) < 4.78 is 0. The lowest BCUT2D eigenvalue weighted by Gasteiger charge is -2.04. The Morgan fingerprint density at radius 3 is 2.89 bits per heavy atom. The van der Waals surface area contributed by atoms with Crippen molar-refractivity contribution < 1.29 is 4.79 Å². The summed E-state index contributed by atoms with van der Waals surface area (Å²) in [7, 11) is 0. The van der Waals surface area contributed by atoms with E-state index in [0.29, 0.717) is 11.4 Å². The molecule has 7 nitrogen and oxygen atoms in total. The first-order chi connectivity index (χ1) is 8.69. The van der Waals surface area contributed by atoms with Crippen molar-refractivity contribution in [3.63, 3.8) is 0 Å². The van der Waals surface area contributed by atoms with E-state index in [1.807, 2.05) is 0 Å². The van der Waals surface area contributed by atoms with Crippen molar-refractivity contribution in [3.05, 3.63) is 44.8 Å². The van der Waals surface area contributed by atoms with Crippen molar-refractivity contribution in [1.29, 1.82) is 0 Å². The van der Waals surface area contributed by atoms with Gasteiger partial charge >= 0.3 is 4.87 Å². The Kier molecular flexibility index (Phi) is 3.70. The minimum absolute atomic E-state index is 0.143. The molecule has 1 amide bonds. The molecule has 0 aliphatic rings. The number of nitrogens with one attached hydrogen (secondary N) is 3. The molecule has 0 saturated heterocycles. The van der Waals surface area contributed by atoms with Gasteiger partial charge in [0.1, 0.15) is 5.69 Å². The lowest BCUT2D eigenvalue weighted by Crippen LogP contribution is -2.24. The maximum atomic E-state index is 11.7. The third kappa shape index (κ3) is 2.93. The quantitative estimate of drug-likeness (QED) is 0.461. The number of thiazole rings is 1. The van der Waals surface area contributed by atoms with E-state index in [2.05, 4.69) is 20.7 Å². The van der Waals surface area contributed by atoms with Gasteiger partial charge in [-0.2, -0.15) is 0 Å². The number of nitrogens with zero attached hydrogens (tertiary/aromatic N) is 1. The molecule has 0 aliphatic heterocycles. The number of aromatic amines is 1. The fourth-order valence-corrected chi connectivity index (χ4v) is 1.86. The maximum absolute atomic E-state index is 11.7. The zero-order chi connectivity index (χ0) is 13.0. The zero-order valence-electron chi connectivity index (χ0n) is 9.27. The summed E-state index contributed by atoms with van der Waals surface area (Å²) in [5.74, 6) is 4.88. The highest BCUT2D eigenvalue weighted by Gasteiger charge is 2.07. The molecule has 0 saturated carbocycles. The molecule has 94 valence electrons. The molecule has 2 rings (SSSR count). The van der Waals surface area contributed by atoms with Crippen molar-refractivity contribution in [2.45, 2.75) is 6.54 Å². The van der Waals surface area contributed by atoms with Crippen LogP contribution in [0.15, 0.2) is 28.5 Å². The molecule has 0 bridgehead atoms. The van der Waals surface area contributed by atoms with Gasteiger partial charge in [0.15, 0.2) is 0 Å². The van der Waals surface area contributed by atoms with Gasteiger partial charge in [0.05, 0.1) is 18.4 Å². The van der Waals surface area contributed by atoms with E-state index in [4.69, 9.17) is 5.84 Å². The van der Waals surface area contributed by atoms with Gasteiger partial charge in [0.2, 0.25) is 0 Å². The molecular weight excluding hydrogens is 254 g/mol. The Labute approximate surface area is 106 Å². The molecule has 0 radical (unpaired) electrons.